The van der Waals surface area contributed by atoms with E-state index in [4.69, 9.17) is 9.47 Å². The quantitative estimate of drug-likeness (QED) is 0.695. The summed E-state index contributed by atoms with van der Waals surface area (Å²) in [6.07, 6.45) is 6.47. The zero-order valence-electron chi connectivity index (χ0n) is 16.3. The average Bonchev–Trinajstić information content (AvgIpc) is 3.49. The summed E-state index contributed by atoms with van der Waals surface area (Å²) in [6.45, 7) is 4.29. The van der Waals surface area contributed by atoms with Crippen LogP contribution >= 0.6 is 11.3 Å². The second-order valence-electron chi connectivity index (χ2n) is 7.82. The molecule has 2 aromatic heterocycles. The largest absolute Gasteiger partial charge is 0.489 e. The van der Waals surface area contributed by atoms with Crippen molar-refractivity contribution in [1.29, 1.82) is 0 Å². The minimum Gasteiger partial charge on any atom is -0.489 e. The summed E-state index contributed by atoms with van der Waals surface area (Å²) in [4.78, 5) is 16.1. The van der Waals surface area contributed by atoms with Crippen LogP contribution in [0.25, 0.3) is 21.3 Å². The molecule has 5 rings (SSSR count). The van der Waals surface area contributed by atoms with E-state index in [9.17, 15) is 4.79 Å². The molecule has 2 aliphatic heterocycles. The van der Waals surface area contributed by atoms with Gasteiger partial charge in [0.25, 0.3) is 0 Å². The number of benzene rings is 1. The van der Waals surface area contributed by atoms with E-state index >= 15 is 0 Å². The standard InChI is InChI=1S/C21H24N4O3S/c1-13(15-8-20(26)22-9-15)28-19-7-14(6-18-21(19)29-12-23-18)16-10-24-25(11-16)17-2-4-27-5-3-17/h6-7,10-13,15,17H,2-5,8-9H2,1H3,(H,22,26)/t13?,15-/m1/s1. The van der Waals surface area contributed by atoms with Gasteiger partial charge in [-0.15, -0.1) is 11.3 Å². The lowest BCUT2D eigenvalue weighted by atomic mass is 10.0. The Morgan fingerprint density at radius 3 is 2.97 bits per heavy atom. The van der Waals surface area contributed by atoms with E-state index < -0.39 is 0 Å². The number of nitrogens with zero attached hydrogens (tertiary/aromatic N) is 3. The highest BCUT2D eigenvalue weighted by molar-refractivity contribution is 7.17. The summed E-state index contributed by atoms with van der Waals surface area (Å²) in [7, 11) is 0. The van der Waals surface area contributed by atoms with Crippen LogP contribution in [0.1, 0.15) is 32.2 Å². The van der Waals surface area contributed by atoms with E-state index in [2.05, 4.69) is 38.4 Å². The van der Waals surface area contributed by atoms with Crippen LogP contribution in [0.5, 0.6) is 5.75 Å². The molecule has 2 saturated heterocycles. The number of hydrogen-bond acceptors (Lipinski definition) is 6. The van der Waals surface area contributed by atoms with Crippen LogP contribution < -0.4 is 10.1 Å². The molecule has 0 radical (unpaired) electrons. The van der Waals surface area contributed by atoms with E-state index in [1.54, 1.807) is 11.3 Å². The molecule has 1 N–H and O–H groups in total. The topological polar surface area (TPSA) is 78.3 Å². The van der Waals surface area contributed by atoms with E-state index in [-0.39, 0.29) is 17.9 Å². The maximum Gasteiger partial charge on any atom is 0.220 e. The fourth-order valence-electron chi connectivity index (χ4n) is 4.08. The molecule has 4 heterocycles. The van der Waals surface area contributed by atoms with Crippen molar-refractivity contribution in [3.05, 3.63) is 30.0 Å². The summed E-state index contributed by atoms with van der Waals surface area (Å²) in [6, 6.07) is 4.56. The number of fused-ring (bicyclic) bond motifs is 1. The van der Waals surface area contributed by atoms with Gasteiger partial charge in [-0.05, 0) is 37.5 Å². The van der Waals surface area contributed by atoms with Crippen LogP contribution in [-0.2, 0) is 9.53 Å². The monoisotopic (exact) mass is 412 g/mol. The highest BCUT2D eigenvalue weighted by atomic mass is 32.1. The Hall–Kier alpha value is -2.45. The van der Waals surface area contributed by atoms with Crippen molar-refractivity contribution in [3.8, 4) is 16.9 Å². The van der Waals surface area contributed by atoms with Gasteiger partial charge < -0.3 is 14.8 Å². The number of amides is 1. The molecule has 1 aromatic carbocycles. The van der Waals surface area contributed by atoms with Crippen molar-refractivity contribution in [2.45, 2.75) is 38.3 Å². The van der Waals surface area contributed by atoms with E-state index in [1.807, 2.05) is 18.6 Å². The average molecular weight is 413 g/mol. The summed E-state index contributed by atoms with van der Waals surface area (Å²) < 4.78 is 14.9. The minimum atomic E-state index is -0.0561. The number of ether oxygens (including phenoxy) is 2. The Morgan fingerprint density at radius 1 is 1.31 bits per heavy atom. The maximum absolute atomic E-state index is 11.6. The second kappa shape index (κ2) is 7.76. The van der Waals surface area contributed by atoms with Gasteiger partial charge in [-0.25, -0.2) is 4.98 Å². The molecule has 0 aliphatic carbocycles. The third kappa shape index (κ3) is 3.74. The molecule has 0 bridgehead atoms. The van der Waals surface area contributed by atoms with Gasteiger partial charge in [0, 0.05) is 43.9 Å². The SMILES string of the molecule is CC(Oc1cc(-c2cnn(C3CCOCC3)c2)cc2ncsc12)[C@H]1CNC(=O)C1. The Balaban J connectivity index is 1.43. The minimum absolute atomic E-state index is 0.0561. The van der Waals surface area contributed by atoms with Crippen LogP contribution in [0, 0.1) is 5.92 Å². The lowest BCUT2D eigenvalue weighted by molar-refractivity contribution is -0.119. The maximum atomic E-state index is 11.6. The molecule has 0 saturated carbocycles. The first-order chi connectivity index (χ1) is 14.2. The fraction of sp³-hybridized carbons (Fsp3) is 0.476. The molecule has 29 heavy (non-hydrogen) atoms. The summed E-state index contributed by atoms with van der Waals surface area (Å²) >= 11 is 1.58. The number of aromatic nitrogens is 3. The van der Waals surface area contributed by atoms with Crippen molar-refractivity contribution < 1.29 is 14.3 Å². The van der Waals surface area contributed by atoms with Gasteiger partial charge in [-0.1, -0.05) is 0 Å². The van der Waals surface area contributed by atoms with E-state index in [1.165, 1.54) is 0 Å². The fourth-order valence-corrected chi connectivity index (χ4v) is 4.81. The third-order valence-electron chi connectivity index (χ3n) is 5.88. The molecule has 1 amide bonds. The lowest BCUT2D eigenvalue weighted by Gasteiger charge is -2.22. The predicted molar refractivity (Wildman–Crippen MR) is 111 cm³/mol. The van der Waals surface area contributed by atoms with Gasteiger partial charge in [0.15, 0.2) is 0 Å². The molecule has 7 nitrogen and oxygen atoms in total. The molecule has 2 atom stereocenters. The lowest BCUT2D eigenvalue weighted by Crippen LogP contribution is -2.25. The highest BCUT2D eigenvalue weighted by Gasteiger charge is 2.28. The first kappa shape index (κ1) is 18.6. The van der Waals surface area contributed by atoms with Crippen LogP contribution in [0.3, 0.4) is 0 Å². The summed E-state index contributed by atoms with van der Waals surface area (Å²) in [5, 5.41) is 7.49. The molecule has 152 valence electrons. The van der Waals surface area contributed by atoms with Crippen molar-refractivity contribution >= 4 is 27.5 Å². The van der Waals surface area contributed by atoms with Crippen molar-refractivity contribution in [2.24, 2.45) is 5.92 Å². The normalized spacial score (nSPS) is 21.4. The number of carbonyl (C=O) groups excluding carboxylic acids is 1. The second-order valence-corrected chi connectivity index (χ2v) is 8.67. The summed E-state index contributed by atoms with van der Waals surface area (Å²) in [5.41, 5.74) is 4.87. The highest BCUT2D eigenvalue weighted by Crippen LogP contribution is 2.36. The van der Waals surface area contributed by atoms with Crippen LogP contribution in [0.15, 0.2) is 30.0 Å². The van der Waals surface area contributed by atoms with Gasteiger partial charge in [0.1, 0.15) is 11.9 Å². The van der Waals surface area contributed by atoms with Gasteiger partial charge in [-0.2, -0.15) is 5.10 Å². The molecular formula is C21H24N4O3S. The number of hydrogen-bond donors (Lipinski definition) is 1. The number of rotatable bonds is 5. The van der Waals surface area contributed by atoms with Gasteiger partial charge >= 0.3 is 0 Å². The van der Waals surface area contributed by atoms with Crippen LogP contribution in [-0.4, -0.2) is 46.5 Å². The molecule has 0 spiro atoms. The number of thiazole rings is 1. The smallest absolute Gasteiger partial charge is 0.220 e. The third-order valence-corrected chi connectivity index (χ3v) is 6.74. The van der Waals surface area contributed by atoms with Crippen LogP contribution in [0.4, 0.5) is 0 Å². The zero-order chi connectivity index (χ0) is 19.8. The molecule has 1 unspecified atom stereocenters. The van der Waals surface area contributed by atoms with Crippen molar-refractivity contribution in [1.82, 2.24) is 20.1 Å². The molecular weight excluding hydrogens is 388 g/mol. The van der Waals surface area contributed by atoms with Gasteiger partial charge in [-0.3, -0.25) is 9.48 Å². The van der Waals surface area contributed by atoms with Crippen molar-refractivity contribution in [3.63, 3.8) is 0 Å². The number of nitrogens with one attached hydrogen (secondary N) is 1. The Labute approximate surface area is 173 Å². The van der Waals surface area contributed by atoms with E-state index in [0.717, 1.165) is 53.1 Å². The van der Waals surface area contributed by atoms with Gasteiger partial charge in [0.2, 0.25) is 5.91 Å². The van der Waals surface area contributed by atoms with Crippen molar-refractivity contribution in [2.75, 3.05) is 19.8 Å². The zero-order valence-corrected chi connectivity index (χ0v) is 17.2. The first-order valence-electron chi connectivity index (χ1n) is 10.1. The molecule has 3 aromatic rings. The van der Waals surface area contributed by atoms with Crippen LogP contribution in [0.2, 0.25) is 0 Å². The Bertz CT molecular complexity index is 1020. The number of carbonyl (C=O) groups is 1. The molecule has 2 fully saturated rings. The molecule has 2 aliphatic rings. The van der Waals surface area contributed by atoms with E-state index in [0.29, 0.717) is 19.0 Å². The summed E-state index contributed by atoms with van der Waals surface area (Å²) in [5.74, 6) is 1.11. The first-order valence-corrected chi connectivity index (χ1v) is 11.0. The van der Waals surface area contributed by atoms with Gasteiger partial charge in [0.05, 0.1) is 28.0 Å². The molecule has 8 heteroatoms. The predicted octanol–water partition coefficient (Wildman–Crippen LogP) is 3.41. The Morgan fingerprint density at radius 2 is 2.17 bits per heavy atom. The Kier molecular flexibility index (Phi) is 4.97.